The molecule has 2 rings (SSSR count). The summed E-state index contributed by atoms with van der Waals surface area (Å²) < 4.78 is 5.70. The summed E-state index contributed by atoms with van der Waals surface area (Å²) >= 11 is 0. The molecular weight excluding hydrogens is 212 g/mol. The molecule has 2 N–H and O–H groups in total. The van der Waals surface area contributed by atoms with Crippen molar-refractivity contribution in [1.82, 2.24) is 10.9 Å². The first-order valence-electron chi connectivity index (χ1n) is 5.60. The number of hydrazine groups is 1. The number of ether oxygens (including phenoxy) is 1. The Labute approximate surface area is 101 Å². The van der Waals surface area contributed by atoms with Gasteiger partial charge in [0.1, 0.15) is 11.5 Å². The molecule has 88 valence electrons. The average Bonchev–Trinajstić information content (AvgIpc) is 2.39. The van der Waals surface area contributed by atoms with E-state index in [0.29, 0.717) is 0 Å². The van der Waals surface area contributed by atoms with Gasteiger partial charge in [0.15, 0.2) is 0 Å². The van der Waals surface area contributed by atoms with Crippen LogP contribution in [0.2, 0.25) is 0 Å². The Morgan fingerprint density at radius 2 is 1.53 bits per heavy atom. The molecule has 0 fully saturated rings. The Morgan fingerprint density at radius 3 is 2.18 bits per heavy atom. The number of nitrogens with one attached hydrogen (secondary N) is 2. The van der Waals surface area contributed by atoms with E-state index < -0.39 is 0 Å². The number of benzene rings is 2. The van der Waals surface area contributed by atoms with Gasteiger partial charge in [-0.25, -0.2) is 0 Å². The van der Waals surface area contributed by atoms with Crippen molar-refractivity contribution >= 4 is 0 Å². The van der Waals surface area contributed by atoms with Gasteiger partial charge in [-0.1, -0.05) is 30.3 Å². The maximum atomic E-state index is 5.70. The van der Waals surface area contributed by atoms with E-state index in [0.717, 1.165) is 18.0 Å². The fraction of sp³-hybridized carbons (Fsp3) is 0.143. The van der Waals surface area contributed by atoms with Crippen LogP contribution in [0.1, 0.15) is 5.56 Å². The van der Waals surface area contributed by atoms with Crippen LogP contribution in [0, 0.1) is 0 Å². The SMILES string of the molecule is CNNCc1ccc(Oc2ccccc2)cc1. The summed E-state index contributed by atoms with van der Waals surface area (Å²) in [4.78, 5) is 0. The molecule has 0 aliphatic carbocycles. The highest BCUT2D eigenvalue weighted by atomic mass is 16.5. The van der Waals surface area contributed by atoms with Gasteiger partial charge in [0, 0.05) is 6.54 Å². The van der Waals surface area contributed by atoms with Crippen LogP contribution in [-0.2, 0) is 6.54 Å². The normalized spacial score (nSPS) is 10.2. The van der Waals surface area contributed by atoms with Crippen molar-refractivity contribution < 1.29 is 4.74 Å². The molecule has 0 unspecified atom stereocenters. The lowest BCUT2D eigenvalue weighted by Gasteiger charge is -2.07. The third-order valence-corrected chi connectivity index (χ3v) is 2.37. The zero-order valence-electron chi connectivity index (χ0n) is 9.81. The van der Waals surface area contributed by atoms with Gasteiger partial charge in [0.25, 0.3) is 0 Å². The van der Waals surface area contributed by atoms with Crippen molar-refractivity contribution in [3.05, 3.63) is 60.2 Å². The Morgan fingerprint density at radius 1 is 0.882 bits per heavy atom. The molecule has 0 aliphatic rings. The summed E-state index contributed by atoms with van der Waals surface area (Å²) in [5.74, 6) is 1.71. The van der Waals surface area contributed by atoms with Crippen LogP contribution >= 0.6 is 0 Å². The molecule has 0 radical (unpaired) electrons. The lowest BCUT2D eigenvalue weighted by atomic mass is 10.2. The molecule has 0 heterocycles. The third kappa shape index (κ3) is 3.59. The van der Waals surface area contributed by atoms with Crippen LogP contribution in [0.5, 0.6) is 11.5 Å². The Kier molecular flexibility index (Phi) is 4.13. The highest BCUT2D eigenvalue weighted by Crippen LogP contribution is 2.20. The van der Waals surface area contributed by atoms with Crippen molar-refractivity contribution in [2.45, 2.75) is 6.54 Å². The first-order valence-corrected chi connectivity index (χ1v) is 5.60. The van der Waals surface area contributed by atoms with Crippen molar-refractivity contribution in [3.8, 4) is 11.5 Å². The summed E-state index contributed by atoms with van der Waals surface area (Å²) in [7, 11) is 1.85. The Bertz CT molecular complexity index is 440. The van der Waals surface area contributed by atoms with E-state index in [1.807, 2.05) is 61.6 Å². The monoisotopic (exact) mass is 228 g/mol. The molecule has 0 saturated carbocycles. The predicted molar refractivity (Wildman–Crippen MR) is 68.9 cm³/mol. The molecule has 2 aromatic carbocycles. The summed E-state index contributed by atoms with van der Waals surface area (Å²) in [5, 5.41) is 0. The van der Waals surface area contributed by atoms with Crippen LogP contribution in [0.15, 0.2) is 54.6 Å². The zero-order chi connectivity index (χ0) is 11.9. The molecule has 0 amide bonds. The minimum absolute atomic E-state index is 0.794. The third-order valence-electron chi connectivity index (χ3n) is 2.37. The standard InChI is InChI=1S/C14H16N2O/c1-15-16-11-12-7-9-14(10-8-12)17-13-5-3-2-4-6-13/h2-10,15-16H,11H2,1H3. The van der Waals surface area contributed by atoms with Gasteiger partial charge in [0.2, 0.25) is 0 Å². The van der Waals surface area contributed by atoms with E-state index in [1.54, 1.807) is 0 Å². The van der Waals surface area contributed by atoms with E-state index >= 15 is 0 Å². The van der Waals surface area contributed by atoms with Gasteiger partial charge in [-0.3, -0.25) is 10.9 Å². The summed E-state index contributed by atoms with van der Waals surface area (Å²) in [6.07, 6.45) is 0. The highest BCUT2D eigenvalue weighted by molar-refractivity contribution is 5.32. The predicted octanol–water partition coefficient (Wildman–Crippen LogP) is 2.70. The van der Waals surface area contributed by atoms with E-state index in [-0.39, 0.29) is 0 Å². The molecule has 0 saturated heterocycles. The second-order valence-corrected chi connectivity index (χ2v) is 3.66. The molecule has 0 bridgehead atoms. The second kappa shape index (κ2) is 6.03. The molecule has 0 atom stereocenters. The summed E-state index contributed by atoms with van der Waals surface area (Å²) in [6, 6.07) is 17.8. The van der Waals surface area contributed by atoms with Crippen LogP contribution < -0.4 is 15.6 Å². The maximum absolute atomic E-state index is 5.70. The molecule has 3 nitrogen and oxygen atoms in total. The molecule has 0 aromatic heterocycles. The average molecular weight is 228 g/mol. The lowest BCUT2D eigenvalue weighted by molar-refractivity contribution is 0.482. The van der Waals surface area contributed by atoms with Crippen molar-refractivity contribution in [2.75, 3.05) is 7.05 Å². The lowest BCUT2D eigenvalue weighted by Crippen LogP contribution is -2.26. The second-order valence-electron chi connectivity index (χ2n) is 3.66. The van der Waals surface area contributed by atoms with Gasteiger partial charge in [-0.05, 0) is 36.9 Å². The van der Waals surface area contributed by atoms with Gasteiger partial charge in [0.05, 0.1) is 0 Å². The van der Waals surface area contributed by atoms with E-state index in [9.17, 15) is 0 Å². The van der Waals surface area contributed by atoms with Gasteiger partial charge in [-0.15, -0.1) is 0 Å². The number of hydrogen-bond acceptors (Lipinski definition) is 3. The molecule has 3 heteroatoms. The first-order chi connectivity index (χ1) is 8.38. The van der Waals surface area contributed by atoms with Crippen LogP contribution in [-0.4, -0.2) is 7.05 Å². The quantitative estimate of drug-likeness (QED) is 0.772. The molecule has 0 aliphatic heterocycles. The minimum atomic E-state index is 0.794. The van der Waals surface area contributed by atoms with Crippen LogP contribution in [0.25, 0.3) is 0 Å². The maximum Gasteiger partial charge on any atom is 0.127 e. The van der Waals surface area contributed by atoms with Crippen molar-refractivity contribution in [2.24, 2.45) is 0 Å². The number of rotatable bonds is 5. The zero-order valence-corrected chi connectivity index (χ0v) is 9.81. The summed E-state index contributed by atoms with van der Waals surface area (Å²) in [6.45, 7) is 0.794. The molecule has 0 spiro atoms. The van der Waals surface area contributed by atoms with Crippen molar-refractivity contribution in [1.29, 1.82) is 0 Å². The van der Waals surface area contributed by atoms with Crippen LogP contribution in [0.3, 0.4) is 0 Å². The number of para-hydroxylation sites is 1. The smallest absolute Gasteiger partial charge is 0.127 e. The fourth-order valence-corrected chi connectivity index (χ4v) is 1.49. The largest absolute Gasteiger partial charge is 0.457 e. The van der Waals surface area contributed by atoms with Crippen molar-refractivity contribution in [3.63, 3.8) is 0 Å². The van der Waals surface area contributed by atoms with E-state index in [4.69, 9.17) is 4.74 Å². The summed E-state index contributed by atoms with van der Waals surface area (Å²) in [5.41, 5.74) is 7.14. The molecule has 17 heavy (non-hydrogen) atoms. The van der Waals surface area contributed by atoms with Crippen LogP contribution in [0.4, 0.5) is 0 Å². The first kappa shape index (κ1) is 11.6. The Balaban J connectivity index is 1.98. The molecular formula is C14H16N2O. The fourth-order valence-electron chi connectivity index (χ4n) is 1.49. The van der Waals surface area contributed by atoms with E-state index in [1.165, 1.54) is 5.56 Å². The number of hydrogen-bond donors (Lipinski definition) is 2. The topological polar surface area (TPSA) is 33.3 Å². The minimum Gasteiger partial charge on any atom is -0.457 e. The highest BCUT2D eigenvalue weighted by Gasteiger charge is 1.96. The van der Waals surface area contributed by atoms with Gasteiger partial charge < -0.3 is 4.74 Å². The van der Waals surface area contributed by atoms with Gasteiger partial charge >= 0.3 is 0 Å². The Hall–Kier alpha value is -1.84. The van der Waals surface area contributed by atoms with Gasteiger partial charge in [-0.2, -0.15) is 0 Å². The molecule has 2 aromatic rings. The van der Waals surface area contributed by atoms with E-state index in [2.05, 4.69) is 10.9 Å².